The number of nitriles is 1. The topological polar surface area (TPSA) is 85.9 Å². The molecule has 0 radical (unpaired) electrons. The predicted octanol–water partition coefficient (Wildman–Crippen LogP) is 3.11. The maximum absolute atomic E-state index is 9.06. The van der Waals surface area contributed by atoms with Crippen LogP contribution in [0.3, 0.4) is 0 Å². The van der Waals surface area contributed by atoms with Crippen molar-refractivity contribution in [3.63, 3.8) is 0 Å². The Balaban J connectivity index is 1.25. The van der Waals surface area contributed by atoms with E-state index in [0.717, 1.165) is 54.1 Å². The summed E-state index contributed by atoms with van der Waals surface area (Å²) >= 11 is 0. The summed E-state index contributed by atoms with van der Waals surface area (Å²) in [5.74, 6) is 1.54. The van der Waals surface area contributed by atoms with Crippen LogP contribution in [0, 0.1) is 23.2 Å². The van der Waals surface area contributed by atoms with Crippen molar-refractivity contribution in [1.29, 1.82) is 5.26 Å². The monoisotopic (exact) mass is 363 g/mol. The van der Waals surface area contributed by atoms with Crippen molar-refractivity contribution in [2.75, 3.05) is 19.6 Å². The van der Waals surface area contributed by atoms with Gasteiger partial charge in [-0.1, -0.05) is 5.21 Å². The number of piperidine rings is 1. The van der Waals surface area contributed by atoms with Gasteiger partial charge in [0.25, 0.3) is 0 Å². The third kappa shape index (κ3) is 3.08. The minimum absolute atomic E-state index is 0.276. The van der Waals surface area contributed by atoms with Crippen LogP contribution in [0.2, 0.25) is 0 Å². The second kappa shape index (κ2) is 6.93. The van der Waals surface area contributed by atoms with Gasteiger partial charge < -0.3 is 9.88 Å². The van der Waals surface area contributed by atoms with Gasteiger partial charge in [0.2, 0.25) is 0 Å². The summed E-state index contributed by atoms with van der Waals surface area (Å²) in [6.45, 7) is 3.37. The first-order valence-corrected chi connectivity index (χ1v) is 10.1. The average Bonchev–Trinajstić information content (AvgIpc) is 3.35. The van der Waals surface area contributed by atoms with Crippen molar-refractivity contribution in [2.24, 2.45) is 11.8 Å². The molecule has 1 aliphatic heterocycles. The normalized spacial score (nSPS) is 25.1. The lowest BCUT2D eigenvalue weighted by Crippen LogP contribution is -2.37. The van der Waals surface area contributed by atoms with E-state index in [1.165, 1.54) is 32.2 Å². The van der Waals surface area contributed by atoms with Crippen molar-refractivity contribution in [2.45, 2.75) is 44.4 Å². The van der Waals surface area contributed by atoms with Gasteiger partial charge in [0.15, 0.2) is 0 Å². The van der Waals surface area contributed by atoms with E-state index in [4.69, 9.17) is 5.26 Å². The van der Waals surface area contributed by atoms with Crippen molar-refractivity contribution >= 4 is 16.6 Å². The fourth-order valence-corrected chi connectivity index (χ4v) is 4.92. The van der Waals surface area contributed by atoms with Gasteiger partial charge in [0, 0.05) is 30.0 Å². The SMILES string of the molecule is N#CC1CCN(CC2CCC(c3nnn4cnc5[nH]ccc5c34)CC2)CC1. The van der Waals surface area contributed by atoms with E-state index in [9.17, 15) is 0 Å². The summed E-state index contributed by atoms with van der Waals surface area (Å²) in [5.41, 5.74) is 3.15. The maximum Gasteiger partial charge on any atom is 0.141 e. The van der Waals surface area contributed by atoms with Crippen molar-refractivity contribution < 1.29 is 0 Å². The third-order valence-corrected chi connectivity index (χ3v) is 6.52. The molecule has 0 atom stereocenters. The molecule has 0 amide bonds. The zero-order chi connectivity index (χ0) is 18.2. The molecule has 140 valence electrons. The molecule has 0 bridgehead atoms. The van der Waals surface area contributed by atoms with Gasteiger partial charge >= 0.3 is 0 Å². The van der Waals surface area contributed by atoms with Crippen LogP contribution < -0.4 is 0 Å². The molecule has 7 nitrogen and oxygen atoms in total. The van der Waals surface area contributed by atoms with Gasteiger partial charge in [0.05, 0.1) is 11.8 Å². The quantitative estimate of drug-likeness (QED) is 0.773. The number of hydrogen-bond donors (Lipinski definition) is 1. The lowest BCUT2D eigenvalue weighted by atomic mass is 9.79. The summed E-state index contributed by atoms with van der Waals surface area (Å²) < 4.78 is 1.82. The molecular weight excluding hydrogens is 338 g/mol. The maximum atomic E-state index is 9.06. The van der Waals surface area contributed by atoms with Crippen LogP contribution in [0.1, 0.15) is 50.1 Å². The first kappa shape index (κ1) is 16.7. The fourth-order valence-electron chi connectivity index (χ4n) is 4.92. The predicted molar refractivity (Wildman–Crippen MR) is 102 cm³/mol. The molecule has 27 heavy (non-hydrogen) atoms. The Bertz CT molecular complexity index is 965. The molecule has 5 rings (SSSR count). The van der Waals surface area contributed by atoms with Crippen LogP contribution >= 0.6 is 0 Å². The molecule has 1 aliphatic carbocycles. The summed E-state index contributed by atoms with van der Waals surface area (Å²) in [6, 6.07) is 4.50. The highest BCUT2D eigenvalue weighted by Gasteiger charge is 2.29. The minimum Gasteiger partial charge on any atom is -0.346 e. The molecule has 1 saturated carbocycles. The highest BCUT2D eigenvalue weighted by atomic mass is 15.4. The molecule has 3 aromatic heterocycles. The van der Waals surface area contributed by atoms with Crippen LogP contribution in [-0.2, 0) is 0 Å². The van der Waals surface area contributed by atoms with Crippen LogP contribution in [0.5, 0.6) is 0 Å². The van der Waals surface area contributed by atoms with Gasteiger partial charge in [-0.05, 0) is 63.6 Å². The summed E-state index contributed by atoms with van der Waals surface area (Å²) in [7, 11) is 0. The number of likely N-dealkylation sites (tertiary alicyclic amines) is 1. The highest BCUT2D eigenvalue weighted by Crippen LogP contribution is 2.38. The Kier molecular flexibility index (Phi) is 4.29. The molecular formula is C20H25N7. The first-order chi connectivity index (χ1) is 13.3. The first-order valence-electron chi connectivity index (χ1n) is 10.1. The minimum atomic E-state index is 0.276. The Hall–Kier alpha value is -2.46. The number of nitrogens with one attached hydrogen (secondary N) is 1. The molecule has 4 heterocycles. The second-order valence-electron chi connectivity index (χ2n) is 8.17. The molecule has 2 aliphatic rings. The van der Waals surface area contributed by atoms with Crippen molar-refractivity contribution in [1.82, 2.24) is 29.7 Å². The van der Waals surface area contributed by atoms with E-state index in [0.29, 0.717) is 5.92 Å². The molecule has 0 aromatic carbocycles. The van der Waals surface area contributed by atoms with E-state index in [1.54, 1.807) is 6.33 Å². The van der Waals surface area contributed by atoms with Gasteiger partial charge in [-0.3, -0.25) is 0 Å². The zero-order valence-corrected chi connectivity index (χ0v) is 15.5. The number of H-pyrrole nitrogens is 1. The Morgan fingerprint density at radius 3 is 2.74 bits per heavy atom. The summed E-state index contributed by atoms with van der Waals surface area (Å²) in [5, 5.41) is 19.0. The molecule has 1 saturated heterocycles. The van der Waals surface area contributed by atoms with Crippen LogP contribution in [-0.4, -0.2) is 49.3 Å². The van der Waals surface area contributed by atoms with Crippen molar-refractivity contribution in [3.05, 3.63) is 24.3 Å². The third-order valence-electron chi connectivity index (χ3n) is 6.52. The molecule has 0 unspecified atom stereocenters. The number of aromatic amines is 1. The van der Waals surface area contributed by atoms with Crippen molar-refractivity contribution in [3.8, 4) is 6.07 Å². The smallest absolute Gasteiger partial charge is 0.141 e. The molecule has 3 aromatic rings. The van der Waals surface area contributed by atoms with Gasteiger partial charge in [0.1, 0.15) is 17.5 Å². The number of hydrogen-bond acceptors (Lipinski definition) is 5. The van der Waals surface area contributed by atoms with Gasteiger partial charge in [-0.25, -0.2) is 9.50 Å². The zero-order valence-electron chi connectivity index (χ0n) is 15.5. The Labute approximate surface area is 158 Å². The largest absolute Gasteiger partial charge is 0.346 e. The van der Waals surface area contributed by atoms with Gasteiger partial charge in [-0.2, -0.15) is 5.26 Å². The Morgan fingerprint density at radius 1 is 1.15 bits per heavy atom. The number of nitrogens with zero attached hydrogens (tertiary/aromatic N) is 6. The van der Waals surface area contributed by atoms with E-state index >= 15 is 0 Å². The molecule has 0 spiro atoms. The number of aromatic nitrogens is 5. The van der Waals surface area contributed by atoms with E-state index < -0.39 is 0 Å². The molecule has 1 N–H and O–H groups in total. The standard InChI is InChI=1S/C20H25N7/c21-11-14-6-9-26(10-7-14)12-15-1-3-16(4-2-15)18-19-17-5-8-22-20(17)23-13-27(19)25-24-18/h5,8,13-16,22H,1-4,6-7,9-10,12H2. The molecule has 2 fully saturated rings. The van der Waals surface area contributed by atoms with Crippen LogP contribution in [0.15, 0.2) is 18.6 Å². The van der Waals surface area contributed by atoms with E-state index in [2.05, 4.69) is 37.3 Å². The number of rotatable bonds is 3. The second-order valence-corrected chi connectivity index (χ2v) is 8.17. The van der Waals surface area contributed by atoms with Crippen LogP contribution in [0.25, 0.3) is 16.6 Å². The lowest BCUT2D eigenvalue weighted by molar-refractivity contribution is 0.155. The summed E-state index contributed by atoms with van der Waals surface area (Å²) in [6.07, 6.45) is 10.6. The average molecular weight is 363 g/mol. The van der Waals surface area contributed by atoms with Crippen LogP contribution in [0.4, 0.5) is 0 Å². The fraction of sp³-hybridized carbons (Fsp3) is 0.600. The lowest BCUT2D eigenvalue weighted by Gasteiger charge is -2.35. The van der Waals surface area contributed by atoms with E-state index in [1.807, 2.05) is 10.7 Å². The van der Waals surface area contributed by atoms with Gasteiger partial charge in [-0.15, -0.1) is 5.10 Å². The number of fused-ring (bicyclic) bond motifs is 3. The molecule has 7 heteroatoms. The highest BCUT2D eigenvalue weighted by molar-refractivity contribution is 5.92. The summed E-state index contributed by atoms with van der Waals surface area (Å²) in [4.78, 5) is 10.2. The van der Waals surface area contributed by atoms with E-state index in [-0.39, 0.29) is 5.92 Å². The Morgan fingerprint density at radius 2 is 1.96 bits per heavy atom.